The number of rotatable bonds is 8. The summed E-state index contributed by atoms with van der Waals surface area (Å²) in [6, 6.07) is 5.27. The highest BCUT2D eigenvalue weighted by molar-refractivity contribution is 4.93. The second-order valence-electron chi connectivity index (χ2n) is 4.22. The molecule has 0 aliphatic heterocycles. The molecular weight excluding hydrogens is 214 g/mol. The molecule has 1 rings (SSSR count). The first kappa shape index (κ1) is 13.9. The number of pyridine rings is 1. The van der Waals surface area contributed by atoms with Crippen LogP contribution in [-0.4, -0.2) is 35.6 Å². The summed E-state index contributed by atoms with van der Waals surface area (Å²) in [6.07, 6.45) is 3.99. The Labute approximate surface area is 103 Å². The van der Waals surface area contributed by atoms with Gasteiger partial charge in [0.2, 0.25) is 0 Å². The quantitative estimate of drug-likeness (QED) is 0.731. The van der Waals surface area contributed by atoms with Gasteiger partial charge in [-0.1, -0.05) is 13.0 Å². The van der Waals surface area contributed by atoms with Gasteiger partial charge in [-0.15, -0.1) is 0 Å². The van der Waals surface area contributed by atoms with Gasteiger partial charge in [-0.25, -0.2) is 0 Å². The van der Waals surface area contributed by atoms with Crippen molar-refractivity contribution in [3.8, 4) is 0 Å². The van der Waals surface area contributed by atoms with Crippen LogP contribution in [0.15, 0.2) is 29.2 Å². The topological polar surface area (TPSA) is 51.3 Å². The Morgan fingerprint density at radius 2 is 2.12 bits per heavy atom. The minimum atomic E-state index is 0.0720. The lowest BCUT2D eigenvalue weighted by Gasteiger charge is -2.21. The Bertz CT molecular complexity index is 362. The molecule has 0 atom stereocenters. The highest BCUT2D eigenvalue weighted by atomic mass is 16.1. The van der Waals surface area contributed by atoms with Crippen molar-refractivity contribution in [1.82, 2.24) is 9.47 Å². The van der Waals surface area contributed by atoms with Crippen molar-refractivity contribution in [3.63, 3.8) is 0 Å². The lowest BCUT2D eigenvalue weighted by molar-refractivity contribution is 0.260. The fraction of sp³-hybridized carbons (Fsp3) is 0.615. The molecule has 0 amide bonds. The molecule has 0 aliphatic carbocycles. The van der Waals surface area contributed by atoms with E-state index in [0.29, 0.717) is 0 Å². The highest BCUT2D eigenvalue weighted by Crippen LogP contribution is 1.95. The van der Waals surface area contributed by atoms with E-state index in [4.69, 9.17) is 5.73 Å². The summed E-state index contributed by atoms with van der Waals surface area (Å²) in [5, 5.41) is 0. The molecule has 17 heavy (non-hydrogen) atoms. The molecule has 0 spiro atoms. The number of aromatic nitrogens is 1. The van der Waals surface area contributed by atoms with Gasteiger partial charge in [0.05, 0.1) is 0 Å². The number of nitrogens with two attached hydrogens (primary N) is 1. The average molecular weight is 237 g/mol. The molecule has 0 saturated carbocycles. The summed E-state index contributed by atoms with van der Waals surface area (Å²) >= 11 is 0. The Morgan fingerprint density at radius 1 is 1.29 bits per heavy atom. The van der Waals surface area contributed by atoms with E-state index in [0.717, 1.165) is 45.6 Å². The zero-order chi connectivity index (χ0) is 12.5. The molecule has 0 saturated heterocycles. The maximum Gasteiger partial charge on any atom is 0.250 e. The van der Waals surface area contributed by atoms with Gasteiger partial charge in [-0.3, -0.25) is 4.79 Å². The molecule has 4 heteroatoms. The van der Waals surface area contributed by atoms with Gasteiger partial charge in [-0.05, 0) is 38.5 Å². The van der Waals surface area contributed by atoms with Crippen LogP contribution in [0.2, 0.25) is 0 Å². The predicted octanol–water partition coefficient (Wildman–Crippen LogP) is 0.909. The Morgan fingerprint density at radius 3 is 2.76 bits per heavy atom. The predicted molar refractivity (Wildman–Crippen MR) is 71.1 cm³/mol. The number of nitrogens with zero attached hydrogens (tertiary/aromatic N) is 2. The monoisotopic (exact) mass is 237 g/mol. The minimum Gasteiger partial charge on any atom is -0.330 e. The Balaban J connectivity index is 2.45. The van der Waals surface area contributed by atoms with Crippen molar-refractivity contribution in [2.24, 2.45) is 5.73 Å². The van der Waals surface area contributed by atoms with Crippen LogP contribution in [-0.2, 0) is 6.54 Å². The van der Waals surface area contributed by atoms with E-state index < -0.39 is 0 Å². The highest BCUT2D eigenvalue weighted by Gasteiger charge is 2.03. The second-order valence-corrected chi connectivity index (χ2v) is 4.22. The van der Waals surface area contributed by atoms with Crippen LogP contribution in [0.5, 0.6) is 0 Å². The summed E-state index contributed by atoms with van der Waals surface area (Å²) in [7, 11) is 0. The van der Waals surface area contributed by atoms with Gasteiger partial charge in [0.25, 0.3) is 5.56 Å². The average Bonchev–Trinajstić information content (AvgIpc) is 2.34. The van der Waals surface area contributed by atoms with Gasteiger partial charge in [0.15, 0.2) is 0 Å². The van der Waals surface area contributed by atoms with Crippen molar-refractivity contribution in [1.29, 1.82) is 0 Å². The summed E-state index contributed by atoms with van der Waals surface area (Å²) < 4.78 is 1.76. The van der Waals surface area contributed by atoms with Gasteiger partial charge in [0, 0.05) is 25.4 Å². The lowest BCUT2D eigenvalue weighted by atomic mass is 10.3. The number of hydrogen-bond acceptors (Lipinski definition) is 3. The normalized spacial score (nSPS) is 11.0. The van der Waals surface area contributed by atoms with E-state index in [9.17, 15) is 4.79 Å². The molecule has 0 fully saturated rings. The molecule has 2 N–H and O–H groups in total. The maximum absolute atomic E-state index is 11.5. The molecule has 1 aromatic rings. The van der Waals surface area contributed by atoms with Crippen LogP contribution in [0.4, 0.5) is 0 Å². The van der Waals surface area contributed by atoms with Crippen LogP contribution >= 0.6 is 0 Å². The fourth-order valence-electron chi connectivity index (χ4n) is 1.86. The lowest BCUT2D eigenvalue weighted by Crippen LogP contribution is -2.32. The molecule has 1 aromatic heterocycles. The summed E-state index contributed by atoms with van der Waals surface area (Å²) in [5.74, 6) is 0. The molecule has 0 unspecified atom stereocenters. The molecule has 96 valence electrons. The molecule has 0 radical (unpaired) electrons. The van der Waals surface area contributed by atoms with Crippen LogP contribution in [0.1, 0.15) is 19.8 Å². The van der Waals surface area contributed by atoms with E-state index in [-0.39, 0.29) is 5.56 Å². The summed E-state index contributed by atoms with van der Waals surface area (Å²) in [5.41, 5.74) is 5.59. The van der Waals surface area contributed by atoms with Gasteiger partial charge >= 0.3 is 0 Å². The van der Waals surface area contributed by atoms with Crippen LogP contribution in [0.3, 0.4) is 0 Å². The fourth-order valence-corrected chi connectivity index (χ4v) is 1.86. The SMILES string of the molecule is CCCN(CCCN)CCn1ccccc1=O. The molecule has 0 bridgehead atoms. The maximum atomic E-state index is 11.5. The zero-order valence-corrected chi connectivity index (χ0v) is 10.6. The van der Waals surface area contributed by atoms with Gasteiger partial charge in [-0.2, -0.15) is 0 Å². The first-order valence-corrected chi connectivity index (χ1v) is 6.35. The van der Waals surface area contributed by atoms with Crippen LogP contribution < -0.4 is 11.3 Å². The smallest absolute Gasteiger partial charge is 0.250 e. The van der Waals surface area contributed by atoms with Crippen molar-refractivity contribution in [2.45, 2.75) is 26.3 Å². The molecular formula is C13H23N3O. The second kappa shape index (κ2) is 8.03. The van der Waals surface area contributed by atoms with Crippen LogP contribution in [0, 0.1) is 0 Å². The van der Waals surface area contributed by atoms with Crippen molar-refractivity contribution in [2.75, 3.05) is 26.2 Å². The van der Waals surface area contributed by atoms with E-state index >= 15 is 0 Å². The minimum absolute atomic E-state index is 0.0720. The molecule has 0 aromatic carbocycles. The Hall–Kier alpha value is -1.13. The van der Waals surface area contributed by atoms with Gasteiger partial charge in [0.1, 0.15) is 0 Å². The van der Waals surface area contributed by atoms with E-state index in [1.54, 1.807) is 16.7 Å². The Kier molecular flexibility index (Phi) is 6.58. The number of hydrogen-bond donors (Lipinski definition) is 1. The summed E-state index contributed by atoms with van der Waals surface area (Å²) in [4.78, 5) is 13.9. The third-order valence-electron chi connectivity index (χ3n) is 2.77. The van der Waals surface area contributed by atoms with Crippen LogP contribution in [0.25, 0.3) is 0 Å². The first-order chi connectivity index (χ1) is 8.27. The van der Waals surface area contributed by atoms with Crippen molar-refractivity contribution in [3.05, 3.63) is 34.7 Å². The van der Waals surface area contributed by atoms with E-state index in [1.165, 1.54) is 0 Å². The summed E-state index contributed by atoms with van der Waals surface area (Å²) in [6.45, 7) is 6.66. The first-order valence-electron chi connectivity index (χ1n) is 6.35. The van der Waals surface area contributed by atoms with E-state index in [1.807, 2.05) is 12.3 Å². The molecule has 1 heterocycles. The van der Waals surface area contributed by atoms with Gasteiger partial charge < -0.3 is 15.2 Å². The largest absolute Gasteiger partial charge is 0.330 e. The zero-order valence-electron chi connectivity index (χ0n) is 10.6. The third kappa shape index (κ3) is 5.15. The third-order valence-corrected chi connectivity index (χ3v) is 2.77. The molecule has 4 nitrogen and oxygen atoms in total. The van der Waals surface area contributed by atoms with Crippen molar-refractivity contribution >= 4 is 0 Å². The molecule has 0 aliphatic rings. The van der Waals surface area contributed by atoms with Crippen molar-refractivity contribution < 1.29 is 0 Å². The van der Waals surface area contributed by atoms with E-state index in [2.05, 4.69) is 11.8 Å². The standard InChI is InChI=1S/C13H23N3O/c1-2-8-15(9-5-7-14)11-12-16-10-4-3-6-13(16)17/h3-4,6,10H,2,5,7-9,11-12,14H2,1H3.